The maximum atomic E-state index is 12.0. The van der Waals surface area contributed by atoms with Crippen molar-refractivity contribution in [2.24, 2.45) is 0 Å². The van der Waals surface area contributed by atoms with Crippen LogP contribution >= 0.6 is 11.3 Å². The normalized spacial score (nSPS) is 11.2. The molecule has 7 heteroatoms. The molecule has 3 aromatic heterocycles. The molecule has 0 radical (unpaired) electrons. The molecule has 3 heterocycles. The molecule has 0 aliphatic heterocycles. The van der Waals surface area contributed by atoms with Crippen LogP contribution in [0, 0.1) is 13.8 Å². The van der Waals surface area contributed by atoms with E-state index in [1.807, 2.05) is 24.3 Å². The van der Waals surface area contributed by atoms with Gasteiger partial charge in [-0.25, -0.2) is 0 Å². The zero-order valence-corrected chi connectivity index (χ0v) is 15.0. The summed E-state index contributed by atoms with van der Waals surface area (Å²) >= 11 is 1.54. The van der Waals surface area contributed by atoms with E-state index in [1.54, 1.807) is 36.9 Å². The number of furan rings is 1. The number of nitrogens with one attached hydrogen (secondary N) is 1. The van der Waals surface area contributed by atoms with E-state index in [2.05, 4.69) is 9.97 Å². The molecule has 0 atom stereocenters. The van der Waals surface area contributed by atoms with Crippen LogP contribution in [-0.4, -0.2) is 15.1 Å². The third kappa shape index (κ3) is 2.86. The number of pyridine rings is 1. The molecule has 1 aromatic carbocycles. The highest BCUT2D eigenvalue weighted by atomic mass is 32.1. The van der Waals surface area contributed by atoms with Crippen molar-refractivity contribution in [3.63, 3.8) is 0 Å². The zero-order valence-electron chi connectivity index (χ0n) is 14.2. The summed E-state index contributed by atoms with van der Waals surface area (Å²) in [6.45, 7) is 3.78. The number of H-pyrrole nitrogens is 1. The quantitative estimate of drug-likeness (QED) is 0.565. The number of aromatic hydroxyl groups is 1. The van der Waals surface area contributed by atoms with Gasteiger partial charge in [-0.15, -0.1) is 11.3 Å². The number of rotatable bonds is 4. The van der Waals surface area contributed by atoms with Gasteiger partial charge in [-0.3, -0.25) is 9.78 Å². The summed E-state index contributed by atoms with van der Waals surface area (Å²) < 4.78 is 11.6. The highest BCUT2D eigenvalue weighted by Gasteiger charge is 2.16. The van der Waals surface area contributed by atoms with Crippen LogP contribution in [0.3, 0.4) is 0 Å². The second-order valence-corrected chi connectivity index (χ2v) is 6.97. The SMILES string of the molecule is Cc1c(-c2cc3cc(OCc4cncs4)ccc3o2)[nH]c(=O)c(C)c1O. The van der Waals surface area contributed by atoms with Crippen molar-refractivity contribution in [2.75, 3.05) is 0 Å². The fourth-order valence-corrected chi connectivity index (χ4v) is 3.26. The number of nitrogens with zero attached hydrogens (tertiary/aromatic N) is 1. The van der Waals surface area contributed by atoms with Gasteiger partial charge < -0.3 is 19.2 Å². The molecular weight excluding hydrogens is 352 g/mol. The first-order valence-electron chi connectivity index (χ1n) is 7.99. The lowest BCUT2D eigenvalue weighted by molar-refractivity contribution is 0.310. The van der Waals surface area contributed by atoms with Gasteiger partial charge in [-0.1, -0.05) is 0 Å². The minimum absolute atomic E-state index is 0.0159. The standard InChI is InChI=1S/C19H16N2O4S/c1-10-17(21-19(23)11(2)18(10)22)16-6-12-5-13(3-4-15(12)25-16)24-8-14-7-20-9-26-14/h3-7,9H,8H2,1-2H3,(H2,21,22,23). The molecule has 26 heavy (non-hydrogen) atoms. The van der Waals surface area contributed by atoms with E-state index in [4.69, 9.17) is 9.15 Å². The predicted molar refractivity (Wildman–Crippen MR) is 99.9 cm³/mol. The number of ether oxygens (including phenoxy) is 1. The summed E-state index contributed by atoms with van der Waals surface area (Å²) in [5, 5.41) is 11.0. The van der Waals surface area contributed by atoms with Gasteiger partial charge in [0.05, 0.1) is 21.6 Å². The zero-order chi connectivity index (χ0) is 18.3. The van der Waals surface area contributed by atoms with Gasteiger partial charge in [0.2, 0.25) is 0 Å². The number of fused-ring (bicyclic) bond motifs is 1. The van der Waals surface area contributed by atoms with Crippen molar-refractivity contribution in [3.05, 3.63) is 62.3 Å². The van der Waals surface area contributed by atoms with Crippen LogP contribution in [0.15, 0.2) is 45.2 Å². The summed E-state index contributed by atoms with van der Waals surface area (Å²) in [5.74, 6) is 1.19. The van der Waals surface area contributed by atoms with E-state index in [1.165, 1.54) is 0 Å². The molecule has 0 aliphatic carbocycles. The van der Waals surface area contributed by atoms with Gasteiger partial charge in [0.25, 0.3) is 5.56 Å². The Morgan fingerprint density at radius 2 is 2.12 bits per heavy atom. The van der Waals surface area contributed by atoms with Crippen LogP contribution in [0.25, 0.3) is 22.4 Å². The van der Waals surface area contributed by atoms with Crippen LogP contribution < -0.4 is 10.3 Å². The van der Waals surface area contributed by atoms with Crippen molar-refractivity contribution < 1.29 is 14.3 Å². The third-order valence-electron chi connectivity index (χ3n) is 4.26. The molecule has 0 saturated heterocycles. The Labute approximate surface area is 152 Å². The van der Waals surface area contributed by atoms with Crippen LogP contribution in [0.1, 0.15) is 16.0 Å². The van der Waals surface area contributed by atoms with Gasteiger partial charge in [-0.05, 0) is 38.1 Å². The van der Waals surface area contributed by atoms with E-state index < -0.39 is 0 Å². The molecule has 0 aliphatic rings. The lowest BCUT2D eigenvalue weighted by Gasteiger charge is -2.06. The molecule has 0 saturated carbocycles. The molecule has 2 N–H and O–H groups in total. The van der Waals surface area contributed by atoms with Crippen LogP contribution in [0.4, 0.5) is 0 Å². The Balaban J connectivity index is 1.69. The minimum Gasteiger partial charge on any atom is -0.507 e. The van der Waals surface area contributed by atoms with Gasteiger partial charge >= 0.3 is 0 Å². The summed E-state index contributed by atoms with van der Waals surface area (Å²) in [6.07, 6.45) is 1.78. The van der Waals surface area contributed by atoms with Crippen molar-refractivity contribution in [1.29, 1.82) is 0 Å². The molecule has 4 rings (SSSR count). The smallest absolute Gasteiger partial charge is 0.255 e. The Hall–Kier alpha value is -3.06. The van der Waals surface area contributed by atoms with E-state index >= 15 is 0 Å². The second kappa shape index (κ2) is 6.34. The Morgan fingerprint density at radius 1 is 1.27 bits per heavy atom. The number of benzene rings is 1. The first-order valence-corrected chi connectivity index (χ1v) is 8.87. The summed E-state index contributed by atoms with van der Waals surface area (Å²) in [7, 11) is 0. The first kappa shape index (κ1) is 16.4. The number of hydrogen-bond donors (Lipinski definition) is 2. The van der Waals surface area contributed by atoms with E-state index in [0.717, 1.165) is 16.0 Å². The Bertz CT molecular complexity index is 1140. The second-order valence-electron chi connectivity index (χ2n) is 5.99. The average Bonchev–Trinajstić information content (AvgIpc) is 3.30. The molecule has 4 aromatic rings. The maximum Gasteiger partial charge on any atom is 0.255 e. The monoisotopic (exact) mass is 368 g/mol. The van der Waals surface area contributed by atoms with E-state index in [9.17, 15) is 9.90 Å². The van der Waals surface area contributed by atoms with Crippen LogP contribution in [0.2, 0.25) is 0 Å². The molecule has 132 valence electrons. The summed E-state index contributed by atoms with van der Waals surface area (Å²) in [6, 6.07) is 7.36. The summed E-state index contributed by atoms with van der Waals surface area (Å²) in [5.41, 5.74) is 3.44. The van der Waals surface area contributed by atoms with Crippen molar-refractivity contribution in [2.45, 2.75) is 20.5 Å². The van der Waals surface area contributed by atoms with Crippen molar-refractivity contribution >= 4 is 22.3 Å². The van der Waals surface area contributed by atoms with Crippen molar-refractivity contribution in [3.8, 4) is 23.0 Å². The van der Waals surface area contributed by atoms with Gasteiger partial charge in [0, 0.05) is 17.1 Å². The number of aromatic amines is 1. The number of aromatic nitrogens is 2. The fraction of sp³-hybridized carbons (Fsp3) is 0.158. The number of thiazole rings is 1. The molecule has 0 bridgehead atoms. The Kier molecular flexibility index (Phi) is 4.00. The lowest BCUT2D eigenvalue weighted by atomic mass is 10.1. The Morgan fingerprint density at radius 3 is 2.88 bits per heavy atom. The first-order chi connectivity index (χ1) is 12.5. The summed E-state index contributed by atoms with van der Waals surface area (Å²) in [4.78, 5) is 19.8. The molecule has 0 unspecified atom stereocenters. The largest absolute Gasteiger partial charge is 0.507 e. The predicted octanol–water partition coefficient (Wildman–Crippen LogP) is 4.15. The van der Waals surface area contributed by atoms with Gasteiger partial charge in [0.15, 0.2) is 5.76 Å². The topological polar surface area (TPSA) is 88.4 Å². The molecule has 0 spiro atoms. The number of hydrogen-bond acceptors (Lipinski definition) is 6. The highest BCUT2D eigenvalue weighted by molar-refractivity contribution is 7.09. The van der Waals surface area contributed by atoms with Crippen molar-refractivity contribution in [1.82, 2.24) is 9.97 Å². The minimum atomic E-state index is -0.336. The van der Waals surface area contributed by atoms with Gasteiger partial charge in [-0.2, -0.15) is 0 Å². The van der Waals surface area contributed by atoms with Crippen LogP contribution in [-0.2, 0) is 6.61 Å². The van der Waals surface area contributed by atoms with Crippen LogP contribution in [0.5, 0.6) is 11.5 Å². The highest BCUT2D eigenvalue weighted by Crippen LogP contribution is 2.33. The third-order valence-corrected chi connectivity index (χ3v) is 5.02. The lowest BCUT2D eigenvalue weighted by Crippen LogP contribution is -2.11. The molecule has 0 fully saturated rings. The molecule has 0 amide bonds. The molecular formula is C19H16N2O4S. The maximum absolute atomic E-state index is 12.0. The van der Waals surface area contributed by atoms with E-state index in [0.29, 0.717) is 34.8 Å². The molecule has 6 nitrogen and oxygen atoms in total. The average molecular weight is 368 g/mol. The fourth-order valence-electron chi connectivity index (χ4n) is 2.76. The van der Waals surface area contributed by atoms with E-state index in [-0.39, 0.29) is 11.3 Å². The van der Waals surface area contributed by atoms with Gasteiger partial charge in [0.1, 0.15) is 23.7 Å².